The van der Waals surface area contributed by atoms with E-state index in [2.05, 4.69) is 10.1 Å². The number of nitrogens with zero attached hydrogens (tertiary/aromatic N) is 3. The molecule has 0 bridgehead atoms. The summed E-state index contributed by atoms with van der Waals surface area (Å²) in [5, 5.41) is 4.73. The highest BCUT2D eigenvalue weighted by molar-refractivity contribution is 6.30. The van der Waals surface area contributed by atoms with Gasteiger partial charge in [0.25, 0.3) is 0 Å². The van der Waals surface area contributed by atoms with Gasteiger partial charge < -0.3 is 15.2 Å². The lowest BCUT2D eigenvalue weighted by atomic mass is 9.97. The van der Waals surface area contributed by atoms with Crippen molar-refractivity contribution in [1.29, 1.82) is 0 Å². The average Bonchev–Trinajstić information content (AvgIpc) is 3.12. The summed E-state index contributed by atoms with van der Waals surface area (Å²) in [7, 11) is 0. The van der Waals surface area contributed by atoms with Gasteiger partial charge in [-0.05, 0) is 43.5 Å². The lowest BCUT2D eigenvalue weighted by Gasteiger charge is -2.32. The zero-order valence-electron chi connectivity index (χ0n) is 14.7. The van der Waals surface area contributed by atoms with Crippen molar-refractivity contribution in [2.24, 2.45) is 5.73 Å². The molecule has 26 heavy (non-hydrogen) atoms. The summed E-state index contributed by atoms with van der Waals surface area (Å²) in [6, 6.07) is 6.89. The average molecular weight is 399 g/mol. The normalized spacial score (nSPS) is 18.3. The molecule has 1 aliphatic heterocycles. The number of piperidine rings is 1. The molecule has 2 N–H and O–H groups in total. The molecule has 1 aliphatic rings. The summed E-state index contributed by atoms with van der Waals surface area (Å²) >= 11 is 5.91. The molecule has 2 heterocycles. The number of likely N-dealkylation sites (tertiary alicyclic amines) is 1. The Hall–Kier alpha value is -1.63. The van der Waals surface area contributed by atoms with Crippen LogP contribution in [0.5, 0.6) is 0 Å². The fraction of sp³-hybridized carbons (Fsp3) is 0.500. The van der Waals surface area contributed by atoms with Gasteiger partial charge in [-0.25, -0.2) is 0 Å². The van der Waals surface area contributed by atoms with E-state index >= 15 is 0 Å². The van der Waals surface area contributed by atoms with Crippen molar-refractivity contribution in [3.63, 3.8) is 0 Å². The summed E-state index contributed by atoms with van der Waals surface area (Å²) < 4.78 is 5.46. The van der Waals surface area contributed by atoms with Crippen molar-refractivity contribution >= 4 is 29.9 Å². The van der Waals surface area contributed by atoms with Crippen LogP contribution in [-0.4, -0.2) is 40.1 Å². The zero-order chi connectivity index (χ0) is 17.8. The van der Waals surface area contributed by atoms with Crippen molar-refractivity contribution in [2.45, 2.75) is 44.6 Å². The fourth-order valence-corrected chi connectivity index (χ4v) is 3.29. The predicted molar refractivity (Wildman–Crippen MR) is 103 cm³/mol. The molecular formula is C18H24Cl2N4O2. The van der Waals surface area contributed by atoms with Crippen molar-refractivity contribution in [3.05, 3.63) is 35.2 Å². The molecule has 0 aliphatic carbocycles. The van der Waals surface area contributed by atoms with E-state index in [0.29, 0.717) is 29.7 Å². The lowest BCUT2D eigenvalue weighted by Crippen LogP contribution is -2.47. The third-order valence-corrected chi connectivity index (χ3v) is 4.80. The minimum atomic E-state index is -0.420. The van der Waals surface area contributed by atoms with E-state index in [-0.39, 0.29) is 24.2 Å². The molecule has 1 amide bonds. The molecule has 3 rings (SSSR count). The third kappa shape index (κ3) is 4.75. The number of carbonyl (C=O) groups is 1. The van der Waals surface area contributed by atoms with Gasteiger partial charge >= 0.3 is 0 Å². The van der Waals surface area contributed by atoms with Crippen molar-refractivity contribution in [2.75, 3.05) is 13.1 Å². The standard InChI is InChI=1S/C18H23ClN4O2.ClH/c1-2-4-15(20)18(24)23-10-3-5-13(11-23)17-21-16(22-25-17)12-6-8-14(19)9-7-12;/h6-9,13,15H,2-5,10-11,20H2,1H3;1H. The number of benzene rings is 1. The van der Waals surface area contributed by atoms with E-state index in [9.17, 15) is 4.79 Å². The van der Waals surface area contributed by atoms with Gasteiger partial charge in [0.2, 0.25) is 17.6 Å². The van der Waals surface area contributed by atoms with E-state index in [1.165, 1.54) is 0 Å². The molecule has 2 unspecified atom stereocenters. The van der Waals surface area contributed by atoms with Gasteiger partial charge in [0.1, 0.15) is 0 Å². The highest BCUT2D eigenvalue weighted by atomic mass is 35.5. The van der Waals surface area contributed by atoms with E-state index in [0.717, 1.165) is 31.4 Å². The van der Waals surface area contributed by atoms with Crippen LogP contribution in [0.1, 0.15) is 44.4 Å². The first kappa shape index (κ1) is 20.7. The first-order chi connectivity index (χ1) is 12.1. The number of rotatable bonds is 5. The Balaban J connectivity index is 0.00000243. The Labute approximate surface area is 164 Å². The van der Waals surface area contributed by atoms with E-state index in [1.807, 2.05) is 24.0 Å². The van der Waals surface area contributed by atoms with E-state index in [1.54, 1.807) is 12.1 Å². The Morgan fingerprint density at radius 3 is 2.85 bits per heavy atom. The maximum Gasteiger partial charge on any atom is 0.239 e. The molecule has 1 aromatic carbocycles. The minimum Gasteiger partial charge on any atom is -0.341 e. The largest absolute Gasteiger partial charge is 0.341 e. The van der Waals surface area contributed by atoms with Crippen LogP contribution in [-0.2, 0) is 4.79 Å². The zero-order valence-corrected chi connectivity index (χ0v) is 16.3. The molecular weight excluding hydrogens is 375 g/mol. The van der Waals surface area contributed by atoms with Gasteiger partial charge in [-0.1, -0.05) is 30.1 Å². The highest BCUT2D eigenvalue weighted by Gasteiger charge is 2.30. The molecule has 0 radical (unpaired) electrons. The highest BCUT2D eigenvalue weighted by Crippen LogP contribution is 2.28. The second-order valence-corrected chi connectivity index (χ2v) is 6.92. The lowest BCUT2D eigenvalue weighted by molar-refractivity contribution is -0.134. The van der Waals surface area contributed by atoms with Crippen LogP contribution in [0.25, 0.3) is 11.4 Å². The van der Waals surface area contributed by atoms with Crippen LogP contribution in [0.2, 0.25) is 5.02 Å². The van der Waals surface area contributed by atoms with Crippen LogP contribution in [0.15, 0.2) is 28.8 Å². The van der Waals surface area contributed by atoms with E-state index in [4.69, 9.17) is 21.9 Å². The predicted octanol–water partition coefficient (Wildman–Crippen LogP) is 3.65. The molecule has 2 atom stereocenters. The van der Waals surface area contributed by atoms with Crippen LogP contribution >= 0.6 is 24.0 Å². The number of nitrogens with two attached hydrogens (primary N) is 1. The van der Waals surface area contributed by atoms with Crippen LogP contribution in [0, 0.1) is 0 Å². The van der Waals surface area contributed by atoms with Gasteiger partial charge in [0, 0.05) is 23.7 Å². The monoisotopic (exact) mass is 398 g/mol. The van der Waals surface area contributed by atoms with Crippen LogP contribution in [0.4, 0.5) is 0 Å². The van der Waals surface area contributed by atoms with Gasteiger partial charge in [0.05, 0.1) is 12.0 Å². The molecule has 1 fully saturated rings. The molecule has 142 valence electrons. The van der Waals surface area contributed by atoms with Gasteiger partial charge in [-0.3, -0.25) is 4.79 Å². The van der Waals surface area contributed by atoms with Crippen LogP contribution in [0.3, 0.4) is 0 Å². The number of carbonyl (C=O) groups excluding carboxylic acids is 1. The summed E-state index contributed by atoms with van der Waals surface area (Å²) in [6.45, 7) is 3.35. The SMILES string of the molecule is CCCC(N)C(=O)N1CCCC(c2nc(-c3ccc(Cl)cc3)no2)C1.Cl. The van der Waals surface area contributed by atoms with Crippen molar-refractivity contribution in [3.8, 4) is 11.4 Å². The van der Waals surface area contributed by atoms with E-state index < -0.39 is 6.04 Å². The molecule has 2 aromatic rings. The smallest absolute Gasteiger partial charge is 0.239 e. The second kappa shape index (κ2) is 9.35. The van der Waals surface area contributed by atoms with Crippen LogP contribution < -0.4 is 5.73 Å². The Morgan fingerprint density at radius 2 is 2.15 bits per heavy atom. The number of halogens is 2. The number of amides is 1. The number of aromatic nitrogens is 2. The topological polar surface area (TPSA) is 85.3 Å². The second-order valence-electron chi connectivity index (χ2n) is 6.48. The number of hydrogen-bond donors (Lipinski definition) is 1. The first-order valence-electron chi connectivity index (χ1n) is 8.72. The van der Waals surface area contributed by atoms with Gasteiger partial charge in [-0.15, -0.1) is 12.4 Å². The number of hydrogen-bond acceptors (Lipinski definition) is 5. The summed E-state index contributed by atoms with van der Waals surface area (Å²) in [4.78, 5) is 18.8. The summed E-state index contributed by atoms with van der Waals surface area (Å²) in [6.07, 6.45) is 3.45. The van der Waals surface area contributed by atoms with Gasteiger partial charge in [0.15, 0.2) is 0 Å². The molecule has 8 heteroatoms. The molecule has 6 nitrogen and oxygen atoms in total. The quantitative estimate of drug-likeness (QED) is 0.830. The molecule has 1 saturated heterocycles. The molecule has 1 aromatic heterocycles. The van der Waals surface area contributed by atoms with Gasteiger partial charge in [-0.2, -0.15) is 4.98 Å². The van der Waals surface area contributed by atoms with Crippen molar-refractivity contribution in [1.82, 2.24) is 15.0 Å². The Morgan fingerprint density at radius 1 is 1.42 bits per heavy atom. The molecule has 0 saturated carbocycles. The maximum absolute atomic E-state index is 12.4. The third-order valence-electron chi connectivity index (χ3n) is 4.54. The first-order valence-corrected chi connectivity index (χ1v) is 9.10. The fourth-order valence-electron chi connectivity index (χ4n) is 3.17. The summed E-state index contributed by atoms with van der Waals surface area (Å²) in [5.41, 5.74) is 6.84. The minimum absolute atomic E-state index is 0. The molecule has 0 spiro atoms. The maximum atomic E-state index is 12.4. The Kier molecular flexibility index (Phi) is 7.43. The van der Waals surface area contributed by atoms with Crippen molar-refractivity contribution < 1.29 is 9.32 Å². The summed E-state index contributed by atoms with van der Waals surface area (Å²) in [5.74, 6) is 1.19. The Bertz CT molecular complexity index is 720.